The second kappa shape index (κ2) is 5.79. The van der Waals surface area contributed by atoms with Crippen molar-refractivity contribution < 1.29 is 0 Å². The summed E-state index contributed by atoms with van der Waals surface area (Å²) in [6.07, 6.45) is 16.1. The van der Waals surface area contributed by atoms with Crippen LogP contribution in [-0.4, -0.2) is 24.0 Å². The Labute approximate surface area is 159 Å². The van der Waals surface area contributed by atoms with Gasteiger partial charge in [0.15, 0.2) is 0 Å². The van der Waals surface area contributed by atoms with E-state index < -0.39 is 0 Å². The Morgan fingerprint density at radius 1 is 1.08 bits per heavy atom. The molecule has 0 N–H and O–H groups in total. The molecule has 142 valence electrons. The molecule has 4 aliphatic carbocycles. The molecular formula is C24H36N2. The predicted molar refractivity (Wildman–Crippen MR) is 110 cm³/mol. The first-order valence-electron chi connectivity index (χ1n) is 11.2. The largest absolute Gasteiger partial charge is 0.294 e. The Bertz CT molecular complexity index is 684. The molecule has 8 unspecified atom stereocenters. The molecule has 3 saturated carbocycles. The number of nitrogens with zero attached hydrogens (tertiary/aromatic N) is 2. The highest BCUT2D eigenvalue weighted by molar-refractivity contribution is 5.79. The molecule has 0 radical (unpaired) electrons. The van der Waals surface area contributed by atoms with E-state index in [0.29, 0.717) is 22.9 Å². The van der Waals surface area contributed by atoms with Crippen LogP contribution in [0.5, 0.6) is 0 Å². The molecular weight excluding hydrogens is 316 g/mol. The summed E-state index contributed by atoms with van der Waals surface area (Å²) >= 11 is 0. The van der Waals surface area contributed by atoms with Crippen LogP contribution < -0.4 is 0 Å². The van der Waals surface area contributed by atoms with Gasteiger partial charge in [0.1, 0.15) is 0 Å². The molecule has 0 saturated heterocycles. The van der Waals surface area contributed by atoms with Gasteiger partial charge in [0, 0.05) is 17.3 Å². The van der Waals surface area contributed by atoms with E-state index in [-0.39, 0.29) is 0 Å². The zero-order chi connectivity index (χ0) is 18.1. The molecule has 26 heavy (non-hydrogen) atoms. The van der Waals surface area contributed by atoms with Crippen molar-refractivity contribution >= 4 is 11.9 Å². The maximum Gasteiger partial charge on any atom is 0.0536 e. The summed E-state index contributed by atoms with van der Waals surface area (Å²) < 4.78 is 0. The van der Waals surface area contributed by atoms with Gasteiger partial charge in [-0.3, -0.25) is 9.98 Å². The smallest absolute Gasteiger partial charge is 0.0536 e. The van der Waals surface area contributed by atoms with Gasteiger partial charge in [-0.2, -0.15) is 0 Å². The first-order chi connectivity index (χ1) is 12.4. The minimum atomic E-state index is 0.456. The van der Waals surface area contributed by atoms with E-state index >= 15 is 0 Å². The van der Waals surface area contributed by atoms with Gasteiger partial charge in [0.05, 0.1) is 12.1 Å². The second-order valence-electron chi connectivity index (χ2n) is 10.6. The maximum atomic E-state index is 4.92. The highest BCUT2D eigenvalue weighted by atomic mass is 14.9. The lowest BCUT2D eigenvalue weighted by Gasteiger charge is -2.57. The monoisotopic (exact) mass is 352 g/mol. The van der Waals surface area contributed by atoms with Crippen LogP contribution in [0.15, 0.2) is 21.6 Å². The summed E-state index contributed by atoms with van der Waals surface area (Å²) in [5.74, 6) is 3.58. The van der Waals surface area contributed by atoms with Crippen molar-refractivity contribution in [3.05, 3.63) is 11.6 Å². The van der Waals surface area contributed by atoms with Gasteiger partial charge in [-0.1, -0.05) is 18.6 Å². The summed E-state index contributed by atoms with van der Waals surface area (Å²) in [5, 5.41) is 0. The number of fused-ring (bicyclic) bond motifs is 4. The Morgan fingerprint density at radius 3 is 2.69 bits per heavy atom. The van der Waals surface area contributed by atoms with Crippen LogP contribution in [0.1, 0.15) is 79.1 Å². The van der Waals surface area contributed by atoms with Crippen molar-refractivity contribution in [2.45, 2.75) is 91.1 Å². The van der Waals surface area contributed by atoms with Crippen LogP contribution in [0.2, 0.25) is 0 Å². The van der Waals surface area contributed by atoms with Crippen LogP contribution >= 0.6 is 0 Å². The van der Waals surface area contributed by atoms with E-state index in [2.05, 4.69) is 40.0 Å². The summed E-state index contributed by atoms with van der Waals surface area (Å²) in [5.41, 5.74) is 3.94. The van der Waals surface area contributed by atoms with Crippen LogP contribution in [-0.2, 0) is 0 Å². The Kier molecular flexibility index (Phi) is 3.83. The zero-order valence-electron chi connectivity index (χ0n) is 17.2. The topological polar surface area (TPSA) is 24.7 Å². The third-order valence-electron chi connectivity index (χ3n) is 9.31. The van der Waals surface area contributed by atoms with E-state index in [1.807, 2.05) is 0 Å². The molecule has 0 aromatic heterocycles. The van der Waals surface area contributed by atoms with Gasteiger partial charge in [-0.25, -0.2) is 0 Å². The first kappa shape index (κ1) is 17.2. The van der Waals surface area contributed by atoms with E-state index in [1.165, 1.54) is 57.1 Å². The normalized spacial score (nSPS) is 51.8. The lowest BCUT2D eigenvalue weighted by Crippen LogP contribution is -2.51. The highest BCUT2D eigenvalue weighted by Gasteiger charge is 2.62. The van der Waals surface area contributed by atoms with Crippen molar-refractivity contribution in [3.63, 3.8) is 0 Å². The van der Waals surface area contributed by atoms with E-state index in [0.717, 1.165) is 23.7 Å². The summed E-state index contributed by atoms with van der Waals surface area (Å²) in [6.45, 7) is 9.28. The molecule has 0 bridgehead atoms. The number of hydrogen-bond donors (Lipinski definition) is 0. The SMILES string of the molecule is CC(C)=NC1CCC2(C)C(=CCC3C2CCC24C=NC(C)C2CCC34)C1. The van der Waals surface area contributed by atoms with Crippen molar-refractivity contribution in [3.8, 4) is 0 Å². The molecule has 1 heterocycles. The lowest BCUT2D eigenvalue weighted by molar-refractivity contribution is -0.0148. The molecule has 8 atom stereocenters. The van der Waals surface area contributed by atoms with Gasteiger partial charge < -0.3 is 0 Å². The van der Waals surface area contributed by atoms with Gasteiger partial charge in [0.2, 0.25) is 0 Å². The molecule has 0 amide bonds. The van der Waals surface area contributed by atoms with Gasteiger partial charge in [0.25, 0.3) is 0 Å². The van der Waals surface area contributed by atoms with Crippen molar-refractivity contribution in [2.75, 3.05) is 0 Å². The third-order valence-corrected chi connectivity index (χ3v) is 9.31. The van der Waals surface area contributed by atoms with Crippen molar-refractivity contribution in [2.24, 2.45) is 44.5 Å². The standard InChI is InChI=1S/C24H36N2/c1-15(2)26-18-9-11-23(4)17(13-18)5-6-19-21(23)10-12-24-14-25-16(3)20(24)7-8-22(19)24/h5,14,16,18-22H,6-13H2,1-4H3. The second-order valence-corrected chi connectivity index (χ2v) is 10.6. The molecule has 2 nitrogen and oxygen atoms in total. The fourth-order valence-corrected chi connectivity index (χ4v) is 8.19. The van der Waals surface area contributed by atoms with E-state index in [9.17, 15) is 0 Å². The van der Waals surface area contributed by atoms with Crippen LogP contribution in [0.25, 0.3) is 0 Å². The van der Waals surface area contributed by atoms with E-state index in [1.54, 1.807) is 5.57 Å². The minimum Gasteiger partial charge on any atom is -0.294 e. The Hall–Kier alpha value is -0.920. The molecule has 2 heteroatoms. The molecule has 1 spiro atoms. The molecule has 5 rings (SSSR count). The van der Waals surface area contributed by atoms with Gasteiger partial charge in [-0.15, -0.1) is 0 Å². The van der Waals surface area contributed by atoms with Crippen LogP contribution in [0, 0.1) is 34.5 Å². The summed E-state index contributed by atoms with van der Waals surface area (Å²) in [6, 6.07) is 1.12. The fraction of sp³-hybridized carbons (Fsp3) is 0.833. The predicted octanol–water partition coefficient (Wildman–Crippen LogP) is 5.87. The van der Waals surface area contributed by atoms with Crippen LogP contribution in [0.4, 0.5) is 0 Å². The molecule has 0 aromatic carbocycles. The van der Waals surface area contributed by atoms with Gasteiger partial charge >= 0.3 is 0 Å². The number of allylic oxidation sites excluding steroid dienone is 1. The quantitative estimate of drug-likeness (QED) is 0.416. The minimum absolute atomic E-state index is 0.456. The maximum absolute atomic E-state index is 4.92. The number of aliphatic imine (C=N–C) groups is 2. The van der Waals surface area contributed by atoms with E-state index in [4.69, 9.17) is 9.98 Å². The molecule has 5 aliphatic rings. The van der Waals surface area contributed by atoms with Crippen molar-refractivity contribution in [1.29, 1.82) is 0 Å². The first-order valence-corrected chi connectivity index (χ1v) is 11.2. The van der Waals surface area contributed by atoms with Crippen molar-refractivity contribution in [1.82, 2.24) is 0 Å². The van der Waals surface area contributed by atoms with Gasteiger partial charge in [-0.05, 0) is 101 Å². The number of hydrogen-bond acceptors (Lipinski definition) is 2. The highest BCUT2D eigenvalue weighted by Crippen LogP contribution is 2.67. The lowest BCUT2D eigenvalue weighted by atomic mass is 9.47. The van der Waals surface area contributed by atoms with Crippen LogP contribution in [0.3, 0.4) is 0 Å². The Morgan fingerprint density at radius 2 is 1.88 bits per heavy atom. The number of rotatable bonds is 1. The summed E-state index contributed by atoms with van der Waals surface area (Å²) in [7, 11) is 0. The molecule has 0 aromatic rings. The molecule has 1 aliphatic heterocycles. The third kappa shape index (κ3) is 2.23. The average Bonchev–Trinajstić information content (AvgIpc) is 3.12. The summed E-state index contributed by atoms with van der Waals surface area (Å²) in [4.78, 5) is 9.84. The molecule has 3 fully saturated rings. The Balaban J connectivity index is 1.44. The zero-order valence-corrected chi connectivity index (χ0v) is 17.2. The fourth-order valence-electron chi connectivity index (χ4n) is 8.19. The average molecular weight is 353 g/mol.